The Hall–Kier alpha value is -1.55. The largest absolute Gasteiger partial charge is 0.491 e. The molecule has 0 saturated heterocycles. The van der Waals surface area contributed by atoms with Gasteiger partial charge < -0.3 is 14.7 Å². The number of aliphatic hydroxyl groups is 1. The number of rotatable bonds is 2. The van der Waals surface area contributed by atoms with E-state index in [1.54, 1.807) is 11.8 Å². The fourth-order valence-corrected chi connectivity index (χ4v) is 2.17. The molecule has 0 saturated carbocycles. The summed E-state index contributed by atoms with van der Waals surface area (Å²) in [5.41, 5.74) is 1.55. The first-order chi connectivity index (χ1) is 8.50. The lowest BCUT2D eigenvalue weighted by molar-refractivity contribution is -0.119. The van der Waals surface area contributed by atoms with Crippen LogP contribution in [-0.4, -0.2) is 23.7 Å². The quantitative estimate of drug-likeness (QED) is 0.874. The van der Waals surface area contributed by atoms with E-state index in [2.05, 4.69) is 0 Å². The van der Waals surface area contributed by atoms with E-state index in [0.29, 0.717) is 18.8 Å². The average Bonchev–Trinajstić information content (AvgIpc) is 2.45. The molecule has 0 aromatic heterocycles. The molecular formula is C14H19NO3. The van der Waals surface area contributed by atoms with Crippen LogP contribution in [0.2, 0.25) is 0 Å². The zero-order valence-electron chi connectivity index (χ0n) is 11.0. The molecule has 4 heteroatoms. The van der Waals surface area contributed by atoms with Gasteiger partial charge in [-0.05, 0) is 38.5 Å². The van der Waals surface area contributed by atoms with Gasteiger partial charge in [-0.1, -0.05) is 6.07 Å². The zero-order chi connectivity index (χ0) is 13.3. The molecule has 4 nitrogen and oxygen atoms in total. The molecule has 1 aromatic rings. The van der Waals surface area contributed by atoms with Crippen LogP contribution in [0, 0.1) is 0 Å². The lowest BCUT2D eigenvalue weighted by atomic mass is 10.1. The maximum atomic E-state index is 12.1. The number of aliphatic hydroxyl groups excluding tert-OH is 1. The van der Waals surface area contributed by atoms with Gasteiger partial charge in [-0.3, -0.25) is 4.79 Å². The van der Waals surface area contributed by atoms with Crippen LogP contribution in [-0.2, 0) is 4.79 Å². The van der Waals surface area contributed by atoms with Gasteiger partial charge in [0.1, 0.15) is 5.75 Å². The van der Waals surface area contributed by atoms with Gasteiger partial charge in [0.15, 0.2) is 0 Å². The van der Waals surface area contributed by atoms with Crippen LogP contribution in [0.15, 0.2) is 18.2 Å². The van der Waals surface area contributed by atoms with Crippen molar-refractivity contribution < 1.29 is 14.6 Å². The highest BCUT2D eigenvalue weighted by Gasteiger charge is 2.26. The number of hydrogen-bond acceptors (Lipinski definition) is 3. The normalized spacial score (nSPS) is 17.2. The molecule has 0 bridgehead atoms. The van der Waals surface area contributed by atoms with Crippen LogP contribution in [0.3, 0.4) is 0 Å². The Morgan fingerprint density at radius 2 is 2.06 bits per heavy atom. The predicted octanol–water partition coefficient (Wildman–Crippen LogP) is 2.26. The smallest absolute Gasteiger partial charge is 0.230 e. The third-order valence-electron chi connectivity index (χ3n) is 3.08. The predicted molar refractivity (Wildman–Crippen MR) is 69.8 cm³/mol. The first-order valence-corrected chi connectivity index (χ1v) is 6.27. The lowest BCUT2D eigenvalue weighted by Crippen LogP contribution is -2.36. The number of benzene rings is 1. The molecule has 1 heterocycles. The van der Waals surface area contributed by atoms with E-state index in [0.717, 1.165) is 11.3 Å². The standard InChI is InChI=1S/C14H19NO3/c1-9(2)15-12-8-11(10(3)16)4-5-13(12)18-7-6-14(15)17/h4-5,8-10,16H,6-7H2,1-3H3. The molecule has 1 aromatic carbocycles. The van der Waals surface area contributed by atoms with Crippen LogP contribution in [0.25, 0.3) is 0 Å². The Kier molecular flexibility index (Phi) is 3.57. The Balaban J connectivity index is 2.51. The molecule has 98 valence electrons. The van der Waals surface area contributed by atoms with E-state index in [-0.39, 0.29) is 11.9 Å². The number of hydrogen-bond donors (Lipinski definition) is 1. The van der Waals surface area contributed by atoms with Crippen molar-refractivity contribution in [1.82, 2.24) is 0 Å². The Morgan fingerprint density at radius 3 is 2.67 bits per heavy atom. The molecule has 2 rings (SSSR count). The van der Waals surface area contributed by atoms with Crippen LogP contribution >= 0.6 is 0 Å². The minimum atomic E-state index is -0.553. The van der Waals surface area contributed by atoms with Crippen molar-refractivity contribution in [3.63, 3.8) is 0 Å². The number of amides is 1. The Bertz CT molecular complexity index is 454. The molecule has 0 radical (unpaired) electrons. The summed E-state index contributed by atoms with van der Waals surface area (Å²) in [5, 5.41) is 9.64. The number of ether oxygens (including phenoxy) is 1. The maximum absolute atomic E-state index is 12.1. The fourth-order valence-electron chi connectivity index (χ4n) is 2.17. The van der Waals surface area contributed by atoms with E-state index in [9.17, 15) is 9.90 Å². The third-order valence-corrected chi connectivity index (χ3v) is 3.08. The van der Waals surface area contributed by atoms with Crippen molar-refractivity contribution >= 4 is 11.6 Å². The molecule has 1 aliphatic rings. The minimum absolute atomic E-state index is 0.0616. The summed E-state index contributed by atoms with van der Waals surface area (Å²) in [6.45, 7) is 6.06. The van der Waals surface area contributed by atoms with Gasteiger partial charge in [0.2, 0.25) is 5.91 Å². The number of nitrogens with zero attached hydrogens (tertiary/aromatic N) is 1. The average molecular weight is 249 g/mol. The Labute approximate surface area is 107 Å². The zero-order valence-corrected chi connectivity index (χ0v) is 11.0. The lowest BCUT2D eigenvalue weighted by Gasteiger charge is -2.26. The van der Waals surface area contributed by atoms with Crippen molar-refractivity contribution in [2.24, 2.45) is 0 Å². The first-order valence-electron chi connectivity index (χ1n) is 6.27. The van der Waals surface area contributed by atoms with Crippen molar-refractivity contribution in [3.8, 4) is 5.75 Å². The van der Waals surface area contributed by atoms with Crippen LogP contribution < -0.4 is 9.64 Å². The van der Waals surface area contributed by atoms with Crippen LogP contribution in [0.1, 0.15) is 38.9 Å². The van der Waals surface area contributed by atoms with Gasteiger partial charge in [-0.2, -0.15) is 0 Å². The maximum Gasteiger partial charge on any atom is 0.230 e. The van der Waals surface area contributed by atoms with Crippen LogP contribution in [0.5, 0.6) is 5.75 Å². The van der Waals surface area contributed by atoms with Gasteiger partial charge in [0.25, 0.3) is 0 Å². The highest BCUT2D eigenvalue weighted by atomic mass is 16.5. The van der Waals surface area contributed by atoms with E-state index in [1.165, 1.54) is 0 Å². The second kappa shape index (κ2) is 4.98. The number of carbonyl (C=O) groups excluding carboxylic acids is 1. The summed E-state index contributed by atoms with van der Waals surface area (Å²) in [5.74, 6) is 0.769. The highest BCUT2D eigenvalue weighted by Crippen LogP contribution is 2.35. The number of fused-ring (bicyclic) bond motifs is 1. The summed E-state index contributed by atoms with van der Waals surface area (Å²) in [6, 6.07) is 5.56. The molecule has 0 aliphatic carbocycles. The third kappa shape index (κ3) is 2.34. The van der Waals surface area contributed by atoms with Gasteiger partial charge in [-0.15, -0.1) is 0 Å². The highest BCUT2D eigenvalue weighted by molar-refractivity contribution is 5.96. The molecule has 1 unspecified atom stereocenters. The topological polar surface area (TPSA) is 49.8 Å². The molecule has 1 aliphatic heterocycles. The van der Waals surface area contributed by atoms with Gasteiger partial charge in [0.05, 0.1) is 24.8 Å². The molecule has 1 atom stereocenters. The first kappa shape index (κ1) is 12.9. The summed E-state index contributed by atoms with van der Waals surface area (Å²) >= 11 is 0. The van der Waals surface area contributed by atoms with E-state index >= 15 is 0 Å². The summed E-state index contributed by atoms with van der Waals surface area (Å²) in [6.07, 6.45) is -0.167. The summed E-state index contributed by atoms with van der Waals surface area (Å²) in [4.78, 5) is 13.8. The fraction of sp³-hybridized carbons (Fsp3) is 0.500. The van der Waals surface area contributed by atoms with Crippen molar-refractivity contribution in [2.75, 3.05) is 11.5 Å². The van der Waals surface area contributed by atoms with Crippen molar-refractivity contribution in [2.45, 2.75) is 39.3 Å². The van der Waals surface area contributed by atoms with E-state index in [4.69, 9.17) is 4.74 Å². The molecule has 0 spiro atoms. The monoisotopic (exact) mass is 249 g/mol. The molecule has 0 fully saturated rings. The second-order valence-electron chi connectivity index (χ2n) is 4.86. The van der Waals surface area contributed by atoms with E-state index in [1.807, 2.05) is 32.0 Å². The molecule has 1 amide bonds. The van der Waals surface area contributed by atoms with Gasteiger partial charge in [-0.25, -0.2) is 0 Å². The second-order valence-corrected chi connectivity index (χ2v) is 4.86. The molecular weight excluding hydrogens is 230 g/mol. The summed E-state index contributed by atoms with van der Waals surface area (Å²) < 4.78 is 5.59. The van der Waals surface area contributed by atoms with Gasteiger partial charge in [0, 0.05) is 6.04 Å². The molecule has 18 heavy (non-hydrogen) atoms. The van der Waals surface area contributed by atoms with Crippen LogP contribution in [0.4, 0.5) is 5.69 Å². The number of carbonyl (C=O) groups is 1. The van der Waals surface area contributed by atoms with Crippen molar-refractivity contribution in [1.29, 1.82) is 0 Å². The summed E-state index contributed by atoms with van der Waals surface area (Å²) in [7, 11) is 0. The van der Waals surface area contributed by atoms with E-state index < -0.39 is 6.10 Å². The number of anilines is 1. The minimum Gasteiger partial charge on any atom is -0.491 e. The van der Waals surface area contributed by atoms with Gasteiger partial charge >= 0.3 is 0 Å². The molecule has 1 N–H and O–H groups in total. The van der Waals surface area contributed by atoms with Crippen molar-refractivity contribution in [3.05, 3.63) is 23.8 Å². The Morgan fingerprint density at radius 1 is 1.33 bits per heavy atom. The SMILES string of the molecule is CC(O)c1ccc2c(c1)N(C(C)C)C(=O)CCO2.